The summed E-state index contributed by atoms with van der Waals surface area (Å²) in [5.41, 5.74) is 3.14. The SMILES string of the molecule is CCn1cc(CN2CCN(C(=O)c3ccc(Br)cc3)CC2)c(C)n1. The molecule has 1 aromatic heterocycles. The van der Waals surface area contributed by atoms with Gasteiger partial charge in [-0.05, 0) is 38.1 Å². The van der Waals surface area contributed by atoms with E-state index in [9.17, 15) is 4.79 Å². The number of carbonyl (C=O) groups is 1. The average molecular weight is 391 g/mol. The van der Waals surface area contributed by atoms with E-state index in [0.29, 0.717) is 0 Å². The van der Waals surface area contributed by atoms with E-state index in [1.165, 1.54) is 5.56 Å². The van der Waals surface area contributed by atoms with Crippen molar-refractivity contribution in [1.29, 1.82) is 0 Å². The lowest BCUT2D eigenvalue weighted by molar-refractivity contribution is 0.0628. The van der Waals surface area contributed by atoms with Crippen molar-refractivity contribution in [2.75, 3.05) is 26.2 Å². The Morgan fingerprint density at radius 1 is 1.17 bits per heavy atom. The molecule has 0 radical (unpaired) electrons. The number of halogens is 1. The summed E-state index contributed by atoms with van der Waals surface area (Å²) in [5.74, 6) is 0.122. The molecule has 128 valence electrons. The predicted octanol–water partition coefficient (Wildman–Crippen LogP) is 2.93. The number of rotatable bonds is 4. The Morgan fingerprint density at radius 3 is 2.42 bits per heavy atom. The number of carbonyl (C=O) groups excluding carboxylic acids is 1. The smallest absolute Gasteiger partial charge is 0.253 e. The van der Waals surface area contributed by atoms with Crippen LogP contribution in [0.4, 0.5) is 0 Å². The van der Waals surface area contributed by atoms with Crippen molar-refractivity contribution in [3.05, 3.63) is 51.8 Å². The fourth-order valence-corrected chi connectivity index (χ4v) is 3.27. The van der Waals surface area contributed by atoms with Crippen molar-refractivity contribution in [1.82, 2.24) is 19.6 Å². The molecule has 0 bridgehead atoms. The van der Waals surface area contributed by atoms with Gasteiger partial charge in [0.05, 0.1) is 5.69 Å². The van der Waals surface area contributed by atoms with Gasteiger partial charge in [-0.15, -0.1) is 0 Å². The van der Waals surface area contributed by atoms with Crippen LogP contribution in [0.2, 0.25) is 0 Å². The molecule has 0 atom stereocenters. The van der Waals surface area contributed by atoms with E-state index in [1.54, 1.807) is 0 Å². The van der Waals surface area contributed by atoms with Crippen LogP contribution < -0.4 is 0 Å². The van der Waals surface area contributed by atoms with Crippen molar-refractivity contribution < 1.29 is 4.79 Å². The van der Waals surface area contributed by atoms with Crippen LogP contribution in [0.5, 0.6) is 0 Å². The zero-order valence-electron chi connectivity index (χ0n) is 14.2. The van der Waals surface area contributed by atoms with Crippen molar-refractivity contribution in [2.45, 2.75) is 26.9 Å². The molecular weight excluding hydrogens is 368 g/mol. The van der Waals surface area contributed by atoms with E-state index in [1.807, 2.05) is 33.8 Å². The third kappa shape index (κ3) is 3.87. The lowest BCUT2D eigenvalue weighted by Crippen LogP contribution is -2.48. The second kappa shape index (κ2) is 7.49. The number of hydrogen-bond donors (Lipinski definition) is 0. The van der Waals surface area contributed by atoms with Gasteiger partial charge in [0.2, 0.25) is 0 Å². The molecule has 0 saturated carbocycles. The lowest BCUT2D eigenvalue weighted by Gasteiger charge is -2.34. The second-order valence-corrected chi connectivity index (χ2v) is 7.09. The van der Waals surface area contributed by atoms with Crippen molar-refractivity contribution >= 4 is 21.8 Å². The third-order valence-corrected chi connectivity index (χ3v) is 5.05. The summed E-state index contributed by atoms with van der Waals surface area (Å²) in [6, 6.07) is 7.58. The molecule has 5 nitrogen and oxygen atoms in total. The molecular formula is C18H23BrN4O. The van der Waals surface area contributed by atoms with Gasteiger partial charge >= 0.3 is 0 Å². The molecule has 2 aromatic rings. The highest BCUT2D eigenvalue weighted by atomic mass is 79.9. The fourth-order valence-electron chi connectivity index (χ4n) is 3.00. The van der Waals surface area contributed by atoms with E-state index in [-0.39, 0.29) is 5.91 Å². The minimum absolute atomic E-state index is 0.122. The van der Waals surface area contributed by atoms with Crippen LogP contribution in [0, 0.1) is 6.92 Å². The zero-order valence-corrected chi connectivity index (χ0v) is 15.8. The van der Waals surface area contributed by atoms with Crippen LogP contribution in [-0.4, -0.2) is 51.7 Å². The Bertz CT molecular complexity index is 702. The maximum absolute atomic E-state index is 12.6. The summed E-state index contributed by atoms with van der Waals surface area (Å²) in [7, 11) is 0. The molecule has 1 fully saturated rings. The summed E-state index contributed by atoms with van der Waals surface area (Å²) in [6.45, 7) is 9.32. The quantitative estimate of drug-likeness (QED) is 0.805. The van der Waals surface area contributed by atoms with Crippen LogP contribution in [0.25, 0.3) is 0 Å². The van der Waals surface area contributed by atoms with Gasteiger partial charge in [-0.2, -0.15) is 5.10 Å². The van der Waals surface area contributed by atoms with Crippen LogP contribution >= 0.6 is 15.9 Å². The molecule has 1 saturated heterocycles. The minimum Gasteiger partial charge on any atom is -0.336 e. The molecule has 1 amide bonds. The van der Waals surface area contributed by atoms with Crippen LogP contribution in [0.1, 0.15) is 28.5 Å². The summed E-state index contributed by atoms with van der Waals surface area (Å²) in [4.78, 5) is 16.9. The molecule has 0 aliphatic carbocycles. The average Bonchev–Trinajstić information content (AvgIpc) is 2.95. The van der Waals surface area contributed by atoms with Crippen molar-refractivity contribution in [3.8, 4) is 0 Å². The number of hydrogen-bond acceptors (Lipinski definition) is 3. The highest BCUT2D eigenvalue weighted by molar-refractivity contribution is 9.10. The molecule has 1 aromatic carbocycles. The number of aryl methyl sites for hydroxylation is 2. The standard InChI is InChI=1S/C18H23BrN4O/c1-3-23-13-16(14(2)20-23)12-21-8-10-22(11-9-21)18(24)15-4-6-17(19)7-5-15/h4-7,13H,3,8-12H2,1-2H3. The minimum atomic E-state index is 0.122. The molecule has 0 unspecified atom stereocenters. The van der Waals surface area contributed by atoms with Gasteiger partial charge < -0.3 is 4.90 Å². The molecule has 6 heteroatoms. The number of nitrogens with zero attached hydrogens (tertiary/aromatic N) is 4. The number of piperazine rings is 1. The third-order valence-electron chi connectivity index (χ3n) is 4.52. The normalized spacial score (nSPS) is 15.7. The highest BCUT2D eigenvalue weighted by Crippen LogP contribution is 2.15. The Kier molecular flexibility index (Phi) is 5.36. The first kappa shape index (κ1) is 17.2. The first-order valence-corrected chi connectivity index (χ1v) is 9.16. The van der Waals surface area contributed by atoms with E-state index in [4.69, 9.17) is 0 Å². The van der Waals surface area contributed by atoms with E-state index < -0.39 is 0 Å². The lowest BCUT2D eigenvalue weighted by atomic mass is 10.1. The van der Waals surface area contributed by atoms with E-state index >= 15 is 0 Å². The van der Waals surface area contributed by atoms with Gasteiger partial charge in [-0.3, -0.25) is 14.4 Å². The number of benzene rings is 1. The van der Waals surface area contributed by atoms with Gasteiger partial charge in [0.25, 0.3) is 5.91 Å². The molecule has 24 heavy (non-hydrogen) atoms. The Morgan fingerprint density at radius 2 is 1.83 bits per heavy atom. The highest BCUT2D eigenvalue weighted by Gasteiger charge is 2.22. The predicted molar refractivity (Wildman–Crippen MR) is 98.0 cm³/mol. The summed E-state index contributed by atoms with van der Waals surface area (Å²) in [6.07, 6.45) is 2.13. The van der Waals surface area contributed by atoms with Gasteiger partial charge in [-0.1, -0.05) is 15.9 Å². The fraction of sp³-hybridized carbons (Fsp3) is 0.444. The van der Waals surface area contributed by atoms with Gasteiger partial charge in [0.15, 0.2) is 0 Å². The van der Waals surface area contributed by atoms with Crippen LogP contribution in [0.3, 0.4) is 0 Å². The van der Waals surface area contributed by atoms with Crippen LogP contribution in [0.15, 0.2) is 34.9 Å². The van der Waals surface area contributed by atoms with Gasteiger partial charge in [0.1, 0.15) is 0 Å². The Labute approximate surface area is 151 Å². The summed E-state index contributed by atoms with van der Waals surface area (Å²) in [5, 5.41) is 4.51. The van der Waals surface area contributed by atoms with Crippen LogP contribution in [-0.2, 0) is 13.1 Å². The Hall–Kier alpha value is -1.66. The summed E-state index contributed by atoms with van der Waals surface area (Å²) < 4.78 is 2.98. The van der Waals surface area contributed by atoms with Crippen molar-refractivity contribution in [3.63, 3.8) is 0 Å². The van der Waals surface area contributed by atoms with Gasteiger partial charge in [-0.25, -0.2) is 0 Å². The molecule has 1 aliphatic heterocycles. The zero-order chi connectivity index (χ0) is 17.1. The number of amides is 1. The molecule has 0 N–H and O–H groups in total. The maximum Gasteiger partial charge on any atom is 0.253 e. The molecule has 1 aliphatic rings. The second-order valence-electron chi connectivity index (χ2n) is 6.17. The van der Waals surface area contributed by atoms with Crippen molar-refractivity contribution in [2.24, 2.45) is 0 Å². The van der Waals surface area contributed by atoms with Gasteiger partial charge in [0, 0.05) is 61.1 Å². The molecule has 0 spiro atoms. The first-order valence-electron chi connectivity index (χ1n) is 8.37. The molecule has 3 rings (SSSR count). The topological polar surface area (TPSA) is 41.4 Å². The monoisotopic (exact) mass is 390 g/mol. The van der Waals surface area contributed by atoms with E-state index in [2.05, 4.69) is 46.0 Å². The van der Waals surface area contributed by atoms with E-state index in [0.717, 1.165) is 55.0 Å². The largest absolute Gasteiger partial charge is 0.336 e. The first-order chi connectivity index (χ1) is 11.6. The maximum atomic E-state index is 12.6. The Balaban J connectivity index is 1.56. The molecule has 2 heterocycles. The summed E-state index contributed by atoms with van der Waals surface area (Å²) >= 11 is 3.40. The number of aromatic nitrogens is 2.